The Bertz CT molecular complexity index is 883. The van der Waals surface area contributed by atoms with Crippen molar-refractivity contribution in [1.29, 1.82) is 0 Å². The smallest absolute Gasteiger partial charge is 0.181 e. The molecule has 4 atom stereocenters. The number of rotatable bonds is 2. The highest BCUT2D eigenvalue weighted by molar-refractivity contribution is 5.81. The molecule has 1 unspecified atom stereocenters. The third-order valence-corrected chi connectivity index (χ3v) is 7.82. The molecule has 4 heteroatoms. The van der Waals surface area contributed by atoms with Crippen molar-refractivity contribution in [1.82, 2.24) is 4.98 Å². The van der Waals surface area contributed by atoms with Gasteiger partial charge in [-0.1, -0.05) is 32.4 Å². The summed E-state index contributed by atoms with van der Waals surface area (Å²) >= 11 is 0. The first kappa shape index (κ1) is 17.4. The second-order valence-corrected chi connectivity index (χ2v) is 8.98. The normalized spacial score (nSPS) is 34.5. The Morgan fingerprint density at radius 3 is 2.81 bits per heavy atom. The van der Waals surface area contributed by atoms with Gasteiger partial charge in [-0.3, -0.25) is 0 Å². The molecule has 2 aliphatic rings. The van der Waals surface area contributed by atoms with Crippen LogP contribution in [-0.2, 0) is 6.42 Å². The predicted octanol–water partition coefficient (Wildman–Crippen LogP) is 5.58. The van der Waals surface area contributed by atoms with E-state index in [-0.39, 0.29) is 22.3 Å². The van der Waals surface area contributed by atoms with Crippen LogP contribution in [-0.4, -0.2) is 15.2 Å². The molecule has 1 fully saturated rings. The minimum atomic E-state index is -0.115. The van der Waals surface area contributed by atoms with Gasteiger partial charge in [0.15, 0.2) is 23.5 Å². The van der Waals surface area contributed by atoms with Gasteiger partial charge in [0.25, 0.3) is 0 Å². The summed E-state index contributed by atoms with van der Waals surface area (Å²) in [5.41, 5.74) is 3.65. The van der Waals surface area contributed by atoms with Crippen LogP contribution in [0.25, 0.3) is 11.1 Å². The molecular weight excluding hydrogens is 326 g/mol. The van der Waals surface area contributed by atoms with Crippen LogP contribution in [0.2, 0.25) is 0 Å². The molecule has 4 rings (SSSR count). The summed E-state index contributed by atoms with van der Waals surface area (Å²) in [6.07, 6.45) is 9.18. The molecule has 4 nitrogen and oxygen atoms in total. The van der Waals surface area contributed by atoms with Crippen LogP contribution >= 0.6 is 0 Å². The Hall–Kier alpha value is -1.97. The van der Waals surface area contributed by atoms with E-state index in [1.807, 2.05) is 0 Å². The number of hydrogen-bond donors (Lipinski definition) is 2. The zero-order valence-corrected chi connectivity index (χ0v) is 16.2. The molecule has 2 N–H and O–H groups in total. The molecule has 1 saturated carbocycles. The number of phenolic OH excluding ortho intramolecular Hbond substituents is 2. The van der Waals surface area contributed by atoms with Crippen LogP contribution < -0.4 is 0 Å². The van der Waals surface area contributed by atoms with E-state index in [0.29, 0.717) is 34.9 Å². The van der Waals surface area contributed by atoms with Crippen molar-refractivity contribution in [2.45, 2.75) is 59.8 Å². The zero-order valence-electron chi connectivity index (χ0n) is 16.2. The number of oxazole rings is 1. The molecular formula is C22H29NO3. The quantitative estimate of drug-likeness (QED) is 0.545. The first-order valence-electron chi connectivity index (χ1n) is 9.71. The van der Waals surface area contributed by atoms with Gasteiger partial charge in [-0.05, 0) is 61.7 Å². The summed E-state index contributed by atoms with van der Waals surface area (Å²) in [4.78, 5) is 4.18. The Balaban J connectivity index is 1.83. The largest absolute Gasteiger partial charge is 0.504 e. The number of nitrogens with zero attached hydrogens (tertiary/aromatic N) is 1. The molecule has 0 amide bonds. The lowest BCUT2D eigenvalue weighted by Gasteiger charge is -2.58. The molecule has 0 radical (unpaired) electrons. The second-order valence-electron chi connectivity index (χ2n) is 8.98. The molecule has 26 heavy (non-hydrogen) atoms. The number of aromatic hydroxyl groups is 2. The average Bonchev–Trinajstić information content (AvgIpc) is 3.06. The molecule has 1 aromatic heterocycles. The maximum absolute atomic E-state index is 10.6. The van der Waals surface area contributed by atoms with Crippen LogP contribution in [0.5, 0.6) is 11.5 Å². The fourth-order valence-electron chi connectivity index (χ4n) is 5.80. The average molecular weight is 355 g/mol. The van der Waals surface area contributed by atoms with E-state index in [1.165, 1.54) is 37.3 Å². The highest BCUT2D eigenvalue weighted by atomic mass is 16.3. The Labute approximate surface area is 154 Å². The maximum atomic E-state index is 10.6. The highest BCUT2D eigenvalue weighted by Crippen LogP contribution is 2.61. The topological polar surface area (TPSA) is 66.5 Å². The summed E-state index contributed by atoms with van der Waals surface area (Å²) in [6, 6.07) is 1.47. The number of hydrogen-bond acceptors (Lipinski definition) is 4. The van der Waals surface area contributed by atoms with Crippen molar-refractivity contribution in [3.05, 3.63) is 29.7 Å². The van der Waals surface area contributed by atoms with E-state index in [2.05, 4.69) is 38.8 Å². The van der Waals surface area contributed by atoms with E-state index in [4.69, 9.17) is 4.42 Å². The van der Waals surface area contributed by atoms with Crippen molar-refractivity contribution in [2.75, 3.05) is 0 Å². The van der Waals surface area contributed by atoms with Crippen molar-refractivity contribution in [2.24, 2.45) is 22.7 Å². The summed E-state index contributed by atoms with van der Waals surface area (Å²) in [6.45, 7) is 9.40. The Morgan fingerprint density at radius 2 is 2.04 bits per heavy atom. The van der Waals surface area contributed by atoms with Crippen molar-refractivity contribution in [3.63, 3.8) is 0 Å². The molecule has 1 aromatic carbocycles. The molecule has 0 aliphatic heterocycles. The summed E-state index contributed by atoms with van der Waals surface area (Å²) < 4.78 is 5.60. The lowest BCUT2D eigenvalue weighted by molar-refractivity contribution is -0.0411. The van der Waals surface area contributed by atoms with Gasteiger partial charge < -0.3 is 14.6 Å². The summed E-state index contributed by atoms with van der Waals surface area (Å²) in [5.74, 6) is 0.906. The molecule has 2 aliphatic carbocycles. The van der Waals surface area contributed by atoms with Crippen LogP contribution in [0, 0.1) is 22.7 Å². The zero-order chi connectivity index (χ0) is 18.7. The van der Waals surface area contributed by atoms with Crippen LogP contribution in [0.3, 0.4) is 0 Å². The standard InChI is InChI=1S/C22H29NO3/c1-13-6-5-7-18-21(13,3)9-8-14(2)22(18,4)11-15-19(25)17(24)10-16-20(15)26-12-23-16/h6,10,12,14,18,24-25H,5,7-9,11H2,1-4H3/t14-,18?,21+,22+/m0/s1. The van der Waals surface area contributed by atoms with Crippen molar-refractivity contribution < 1.29 is 14.6 Å². The summed E-state index contributed by atoms with van der Waals surface area (Å²) in [7, 11) is 0. The number of allylic oxidation sites excluding steroid dienone is 2. The molecule has 2 aromatic rings. The van der Waals surface area contributed by atoms with Crippen molar-refractivity contribution in [3.8, 4) is 11.5 Å². The minimum Gasteiger partial charge on any atom is -0.504 e. The fraction of sp³-hybridized carbons (Fsp3) is 0.591. The van der Waals surface area contributed by atoms with Gasteiger partial charge in [-0.15, -0.1) is 0 Å². The Morgan fingerprint density at radius 1 is 1.27 bits per heavy atom. The van der Waals surface area contributed by atoms with E-state index in [9.17, 15) is 10.2 Å². The molecule has 0 bridgehead atoms. The summed E-state index contributed by atoms with van der Waals surface area (Å²) in [5, 5.41) is 20.8. The number of benzene rings is 1. The van der Waals surface area contributed by atoms with Crippen LogP contribution in [0.15, 0.2) is 28.5 Å². The molecule has 0 saturated heterocycles. The SMILES string of the molecule is CC1=CCCC2[C@](C)(Cc3c(O)c(O)cc4ncoc34)[C@@H](C)CC[C@]12C. The number of phenols is 2. The van der Waals surface area contributed by atoms with E-state index in [1.54, 1.807) is 0 Å². The Kier molecular flexibility index (Phi) is 3.87. The third kappa shape index (κ3) is 2.30. The van der Waals surface area contributed by atoms with Gasteiger partial charge in [-0.2, -0.15) is 0 Å². The van der Waals surface area contributed by atoms with Gasteiger partial charge in [0.1, 0.15) is 5.52 Å². The second kappa shape index (κ2) is 5.77. The molecule has 1 heterocycles. The van der Waals surface area contributed by atoms with Gasteiger partial charge in [0.05, 0.1) is 0 Å². The molecule has 0 spiro atoms. The van der Waals surface area contributed by atoms with Gasteiger partial charge in [0, 0.05) is 11.6 Å². The maximum Gasteiger partial charge on any atom is 0.181 e. The lowest BCUT2D eigenvalue weighted by atomic mass is 9.47. The van der Waals surface area contributed by atoms with Gasteiger partial charge in [-0.25, -0.2) is 4.98 Å². The van der Waals surface area contributed by atoms with Crippen LogP contribution in [0.4, 0.5) is 0 Å². The first-order chi connectivity index (χ1) is 12.3. The predicted molar refractivity (Wildman–Crippen MR) is 102 cm³/mol. The lowest BCUT2D eigenvalue weighted by Crippen LogP contribution is -2.50. The number of fused-ring (bicyclic) bond motifs is 2. The monoisotopic (exact) mass is 355 g/mol. The first-order valence-corrected chi connectivity index (χ1v) is 9.71. The van der Waals surface area contributed by atoms with Crippen LogP contribution in [0.1, 0.15) is 58.9 Å². The fourth-order valence-corrected chi connectivity index (χ4v) is 5.80. The minimum absolute atomic E-state index is 0.0213. The highest BCUT2D eigenvalue weighted by Gasteiger charge is 2.53. The molecule has 140 valence electrons. The van der Waals surface area contributed by atoms with E-state index < -0.39 is 0 Å². The number of aromatic nitrogens is 1. The van der Waals surface area contributed by atoms with E-state index >= 15 is 0 Å². The van der Waals surface area contributed by atoms with Gasteiger partial charge in [0.2, 0.25) is 0 Å². The van der Waals surface area contributed by atoms with E-state index in [0.717, 1.165) is 6.42 Å². The third-order valence-electron chi connectivity index (χ3n) is 7.82. The van der Waals surface area contributed by atoms with Gasteiger partial charge >= 0.3 is 0 Å². The van der Waals surface area contributed by atoms with Crippen molar-refractivity contribution >= 4 is 11.1 Å².